The van der Waals surface area contributed by atoms with Crippen LogP contribution in [0.15, 0.2) is 97.1 Å². The molecule has 4 rings (SSSR count). The summed E-state index contributed by atoms with van der Waals surface area (Å²) in [4.78, 5) is 0. The van der Waals surface area contributed by atoms with Crippen LogP contribution in [0.5, 0.6) is 11.5 Å². The fourth-order valence-corrected chi connectivity index (χ4v) is 3.52. The highest BCUT2D eigenvalue weighted by Crippen LogP contribution is 2.25. The number of aromatic hydroxyl groups is 2. The van der Waals surface area contributed by atoms with Crippen molar-refractivity contribution in [1.82, 2.24) is 0 Å². The zero-order valence-electron chi connectivity index (χ0n) is 17.3. The van der Waals surface area contributed by atoms with Gasteiger partial charge in [-0.3, -0.25) is 0 Å². The van der Waals surface area contributed by atoms with Crippen molar-refractivity contribution in [3.8, 4) is 11.5 Å². The lowest BCUT2D eigenvalue weighted by Gasteiger charge is -2.12. The zero-order valence-corrected chi connectivity index (χ0v) is 17.3. The maximum Gasteiger partial charge on any atom is 0.120 e. The molecule has 0 spiro atoms. The van der Waals surface area contributed by atoms with E-state index in [2.05, 4.69) is 10.6 Å². The molecule has 0 saturated heterocycles. The Bertz CT molecular complexity index is 1040. The van der Waals surface area contributed by atoms with Crippen LogP contribution in [-0.2, 0) is 19.5 Å². The normalized spacial score (nSPS) is 10.6. The van der Waals surface area contributed by atoms with Crippen LogP contribution in [0.2, 0.25) is 0 Å². The molecule has 0 unspecified atom stereocenters. The molecular formula is C27H26N2O2. The van der Waals surface area contributed by atoms with Crippen LogP contribution >= 0.6 is 0 Å². The average Bonchev–Trinajstić information content (AvgIpc) is 2.81. The quantitative estimate of drug-likeness (QED) is 0.291. The Hall–Kier alpha value is -3.92. The maximum absolute atomic E-state index is 10.3. The summed E-state index contributed by atoms with van der Waals surface area (Å²) in [6, 6.07) is 31.3. The first-order chi connectivity index (χ1) is 15.2. The first-order valence-electron chi connectivity index (χ1n) is 10.4. The van der Waals surface area contributed by atoms with Crippen molar-refractivity contribution in [1.29, 1.82) is 0 Å². The van der Waals surface area contributed by atoms with E-state index >= 15 is 0 Å². The Morgan fingerprint density at radius 1 is 0.516 bits per heavy atom. The maximum atomic E-state index is 10.3. The van der Waals surface area contributed by atoms with Crippen LogP contribution < -0.4 is 10.6 Å². The van der Waals surface area contributed by atoms with Crippen molar-refractivity contribution in [2.24, 2.45) is 0 Å². The van der Waals surface area contributed by atoms with Crippen molar-refractivity contribution in [3.63, 3.8) is 0 Å². The molecule has 156 valence electrons. The molecule has 0 bridgehead atoms. The van der Waals surface area contributed by atoms with Crippen LogP contribution in [-0.4, -0.2) is 10.2 Å². The van der Waals surface area contributed by atoms with E-state index in [1.165, 1.54) is 0 Å². The number of hydrogen-bond acceptors (Lipinski definition) is 4. The van der Waals surface area contributed by atoms with Gasteiger partial charge in [-0.2, -0.15) is 0 Å². The highest BCUT2D eigenvalue weighted by atomic mass is 16.3. The van der Waals surface area contributed by atoms with Crippen LogP contribution in [0.3, 0.4) is 0 Å². The molecule has 4 heteroatoms. The van der Waals surface area contributed by atoms with E-state index < -0.39 is 0 Å². The summed E-state index contributed by atoms with van der Waals surface area (Å²) in [6.07, 6.45) is 0.719. The predicted molar refractivity (Wildman–Crippen MR) is 127 cm³/mol. The van der Waals surface area contributed by atoms with E-state index in [0.717, 1.165) is 40.0 Å². The first kappa shape index (κ1) is 20.4. The van der Waals surface area contributed by atoms with Gasteiger partial charge in [-0.1, -0.05) is 48.5 Å². The summed E-state index contributed by atoms with van der Waals surface area (Å²) in [5, 5.41) is 27.2. The van der Waals surface area contributed by atoms with Crippen LogP contribution in [0.1, 0.15) is 22.3 Å². The number of rotatable bonds is 8. The van der Waals surface area contributed by atoms with Gasteiger partial charge in [0, 0.05) is 35.6 Å². The number of para-hydroxylation sites is 2. The van der Waals surface area contributed by atoms with Gasteiger partial charge in [0.25, 0.3) is 0 Å². The fraction of sp³-hybridized carbons (Fsp3) is 0.111. The monoisotopic (exact) mass is 410 g/mol. The van der Waals surface area contributed by atoms with Gasteiger partial charge in [0.15, 0.2) is 0 Å². The summed E-state index contributed by atoms with van der Waals surface area (Å²) >= 11 is 0. The lowest BCUT2D eigenvalue weighted by molar-refractivity contribution is 0.468. The first-order valence-corrected chi connectivity index (χ1v) is 10.4. The molecule has 0 atom stereocenters. The van der Waals surface area contributed by atoms with Crippen molar-refractivity contribution in [2.45, 2.75) is 19.5 Å². The standard InChI is InChI=1S/C27H26N2O2/c30-26-13-11-20(16-22(26)18-28-24-7-3-1-4-8-24)15-21-12-14-27(31)23(17-21)19-29-25-9-5-2-6-10-25/h1-14,16-17,28-31H,15,18-19H2. The molecule has 0 aliphatic carbocycles. The molecule has 4 N–H and O–H groups in total. The van der Waals surface area contributed by atoms with E-state index in [4.69, 9.17) is 0 Å². The van der Waals surface area contributed by atoms with Crippen molar-refractivity contribution >= 4 is 11.4 Å². The second-order valence-electron chi connectivity index (χ2n) is 7.54. The lowest BCUT2D eigenvalue weighted by atomic mass is 10.00. The number of phenolic OH excluding ortho intramolecular Hbond substituents is 2. The second-order valence-corrected chi connectivity index (χ2v) is 7.54. The minimum absolute atomic E-state index is 0.283. The minimum Gasteiger partial charge on any atom is -0.508 e. The molecule has 4 nitrogen and oxygen atoms in total. The molecule has 0 saturated carbocycles. The highest BCUT2D eigenvalue weighted by molar-refractivity contribution is 5.48. The number of anilines is 2. The van der Waals surface area contributed by atoms with E-state index in [-0.39, 0.29) is 11.5 Å². The Labute approximate surface area is 182 Å². The van der Waals surface area contributed by atoms with Gasteiger partial charge in [-0.15, -0.1) is 0 Å². The van der Waals surface area contributed by atoms with Gasteiger partial charge in [-0.25, -0.2) is 0 Å². The fourth-order valence-electron chi connectivity index (χ4n) is 3.52. The van der Waals surface area contributed by atoms with Gasteiger partial charge >= 0.3 is 0 Å². The SMILES string of the molecule is Oc1ccc(Cc2ccc(O)c(CNc3ccccc3)c2)cc1CNc1ccccc1. The molecule has 0 amide bonds. The van der Waals surface area contributed by atoms with E-state index in [0.29, 0.717) is 13.1 Å². The largest absolute Gasteiger partial charge is 0.508 e. The molecule has 0 aliphatic rings. The van der Waals surface area contributed by atoms with Gasteiger partial charge in [0.2, 0.25) is 0 Å². The summed E-state index contributed by atoms with van der Waals surface area (Å²) in [6.45, 7) is 1.09. The van der Waals surface area contributed by atoms with Crippen LogP contribution in [0.4, 0.5) is 11.4 Å². The minimum atomic E-state index is 0.283. The third-order valence-electron chi connectivity index (χ3n) is 5.21. The summed E-state index contributed by atoms with van der Waals surface area (Å²) in [5.41, 5.74) is 5.95. The Morgan fingerprint density at radius 3 is 1.35 bits per heavy atom. The van der Waals surface area contributed by atoms with Gasteiger partial charge in [-0.05, 0) is 66.1 Å². The molecular weight excluding hydrogens is 384 g/mol. The van der Waals surface area contributed by atoms with Gasteiger partial charge < -0.3 is 20.8 Å². The second kappa shape index (κ2) is 9.72. The van der Waals surface area contributed by atoms with E-state index in [1.54, 1.807) is 12.1 Å². The Morgan fingerprint density at radius 2 is 0.935 bits per heavy atom. The number of phenols is 2. The summed E-state index contributed by atoms with van der Waals surface area (Å²) in [7, 11) is 0. The predicted octanol–water partition coefficient (Wildman–Crippen LogP) is 5.91. The zero-order chi connectivity index (χ0) is 21.5. The van der Waals surface area contributed by atoms with Crippen LogP contribution in [0, 0.1) is 0 Å². The molecule has 0 radical (unpaired) electrons. The molecule has 31 heavy (non-hydrogen) atoms. The van der Waals surface area contributed by atoms with E-state index in [9.17, 15) is 10.2 Å². The molecule has 0 fully saturated rings. The van der Waals surface area contributed by atoms with E-state index in [1.807, 2.05) is 84.9 Å². The average molecular weight is 411 g/mol. The smallest absolute Gasteiger partial charge is 0.120 e. The third-order valence-corrected chi connectivity index (χ3v) is 5.21. The number of benzene rings is 4. The van der Waals surface area contributed by atoms with Crippen molar-refractivity contribution < 1.29 is 10.2 Å². The van der Waals surface area contributed by atoms with Gasteiger partial charge in [0.05, 0.1) is 0 Å². The van der Waals surface area contributed by atoms with Gasteiger partial charge in [0.1, 0.15) is 11.5 Å². The Kier molecular flexibility index (Phi) is 6.38. The topological polar surface area (TPSA) is 64.5 Å². The van der Waals surface area contributed by atoms with Crippen LogP contribution in [0.25, 0.3) is 0 Å². The molecule has 4 aromatic carbocycles. The molecule has 0 aromatic heterocycles. The highest BCUT2D eigenvalue weighted by Gasteiger charge is 2.07. The number of nitrogens with one attached hydrogen (secondary N) is 2. The summed E-state index contributed by atoms with van der Waals surface area (Å²) < 4.78 is 0. The molecule has 0 aliphatic heterocycles. The summed E-state index contributed by atoms with van der Waals surface area (Å²) in [5.74, 6) is 0.566. The van der Waals surface area contributed by atoms with Crippen molar-refractivity contribution in [3.05, 3.63) is 119 Å². The molecule has 4 aromatic rings. The van der Waals surface area contributed by atoms with Crippen molar-refractivity contribution in [2.75, 3.05) is 10.6 Å². The molecule has 0 heterocycles. The Balaban J connectivity index is 1.44. The third kappa shape index (κ3) is 5.58. The number of hydrogen-bond donors (Lipinski definition) is 4. The lowest BCUT2D eigenvalue weighted by Crippen LogP contribution is -2.02.